The highest BCUT2D eigenvalue weighted by Crippen LogP contribution is 2.30. The summed E-state index contributed by atoms with van der Waals surface area (Å²) < 4.78 is 15.7. The molecule has 1 aromatic rings. The van der Waals surface area contributed by atoms with Crippen LogP contribution in [-0.4, -0.2) is 51.8 Å². The van der Waals surface area contributed by atoms with Gasteiger partial charge in [0.1, 0.15) is 0 Å². The van der Waals surface area contributed by atoms with E-state index in [1.54, 1.807) is 33.3 Å². The van der Waals surface area contributed by atoms with Gasteiger partial charge in [-0.05, 0) is 30.2 Å². The van der Waals surface area contributed by atoms with Crippen molar-refractivity contribution in [2.45, 2.75) is 26.0 Å². The number of methoxy groups -OCH3 is 3. The molecule has 0 aliphatic rings. The number of nitrogens with two attached hydrogens (primary N) is 1. The Morgan fingerprint density at radius 3 is 2.32 bits per heavy atom. The number of carbonyl (C=O) groups is 1. The fourth-order valence-corrected chi connectivity index (χ4v) is 2.15. The average Bonchev–Trinajstić information content (AvgIpc) is 2.53. The number of ether oxygens (including phenoxy) is 3. The molecule has 124 valence electrons. The summed E-state index contributed by atoms with van der Waals surface area (Å²) in [5, 5.41) is 0. The van der Waals surface area contributed by atoms with E-state index < -0.39 is 0 Å². The molecule has 0 fully saturated rings. The SMILES string of the molecule is COc1cc(C)c(CN(C)C(=O)CC(CN)OC)cc1OC. The van der Waals surface area contributed by atoms with Crippen LogP contribution in [0.1, 0.15) is 17.5 Å². The topological polar surface area (TPSA) is 74.0 Å². The molecule has 1 amide bonds. The van der Waals surface area contributed by atoms with Gasteiger partial charge in [0.05, 0.1) is 26.7 Å². The van der Waals surface area contributed by atoms with Crippen LogP contribution in [0, 0.1) is 6.92 Å². The lowest BCUT2D eigenvalue weighted by Crippen LogP contribution is -2.33. The normalized spacial score (nSPS) is 11.9. The van der Waals surface area contributed by atoms with E-state index in [4.69, 9.17) is 19.9 Å². The summed E-state index contributed by atoms with van der Waals surface area (Å²) in [6.45, 7) is 2.80. The number of aryl methyl sites for hydroxylation is 1. The minimum absolute atomic E-state index is 0.00788. The monoisotopic (exact) mass is 310 g/mol. The van der Waals surface area contributed by atoms with Crippen LogP contribution in [0.2, 0.25) is 0 Å². The summed E-state index contributed by atoms with van der Waals surface area (Å²) in [5.41, 5.74) is 7.60. The van der Waals surface area contributed by atoms with E-state index in [1.165, 1.54) is 0 Å². The lowest BCUT2D eigenvalue weighted by atomic mass is 10.1. The van der Waals surface area contributed by atoms with Gasteiger partial charge in [-0.2, -0.15) is 0 Å². The van der Waals surface area contributed by atoms with Crippen molar-refractivity contribution in [3.63, 3.8) is 0 Å². The standard InChI is InChI=1S/C16H26N2O4/c1-11-6-14(21-4)15(22-5)7-12(11)10-18(2)16(19)8-13(9-17)20-3/h6-7,13H,8-10,17H2,1-5H3. The smallest absolute Gasteiger partial charge is 0.225 e. The third-order valence-corrected chi connectivity index (χ3v) is 3.67. The highest BCUT2D eigenvalue weighted by molar-refractivity contribution is 5.76. The number of benzene rings is 1. The zero-order valence-electron chi connectivity index (χ0n) is 14.0. The Kier molecular flexibility index (Phi) is 7.14. The minimum atomic E-state index is -0.249. The molecule has 1 atom stereocenters. The average molecular weight is 310 g/mol. The molecule has 0 saturated carbocycles. The third kappa shape index (κ3) is 4.61. The van der Waals surface area contributed by atoms with E-state index >= 15 is 0 Å². The molecule has 0 bridgehead atoms. The molecule has 6 heteroatoms. The molecule has 22 heavy (non-hydrogen) atoms. The van der Waals surface area contributed by atoms with Gasteiger partial charge >= 0.3 is 0 Å². The van der Waals surface area contributed by atoms with Crippen molar-refractivity contribution >= 4 is 5.91 Å². The summed E-state index contributed by atoms with van der Waals surface area (Å²) in [6, 6.07) is 3.80. The second-order valence-corrected chi connectivity index (χ2v) is 5.18. The van der Waals surface area contributed by atoms with Gasteiger partial charge in [-0.1, -0.05) is 0 Å². The number of amides is 1. The van der Waals surface area contributed by atoms with Crippen molar-refractivity contribution in [1.29, 1.82) is 0 Å². The maximum Gasteiger partial charge on any atom is 0.225 e. The highest BCUT2D eigenvalue weighted by atomic mass is 16.5. The van der Waals surface area contributed by atoms with Gasteiger partial charge in [0.15, 0.2) is 11.5 Å². The van der Waals surface area contributed by atoms with Crippen molar-refractivity contribution < 1.29 is 19.0 Å². The molecule has 0 heterocycles. The first kappa shape index (κ1) is 18.3. The van der Waals surface area contributed by atoms with E-state index in [2.05, 4.69) is 0 Å². The van der Waals surface area contributed by atoms with Gasteiger partial charge in [-0.15, -0.1) is 0 Å². The van der Waals surface area contributed by atoms with E-state index in [9.17, 15) is 4.79 Å². The van der Waals surface area contributed by atoms with Gasteiger partial charge < -0.3 is 24.8 Å². The van der Waals surface area contributed by atoms with Crippen molar-refractivity contribution in [3.05, 3.63) is 23.3 Å². The molecule has 0 saturated heterocycles. The molecule has 0 aliphatic heterocycles. The van der Waals surface area contributed by atoms with Gasteiger partial charge in [-0.3, -0.25) is 4.79 Å². The molecule has 2 N–H and O–H groups in total. The Hall–Kier alpha value is -1.79. The maximum absolute atomic E-state index is 12.2. The van der Waals surface area contributed by atoms with Crippen LogP contribution in [-0.2, 0) is 16.1 Å². The van der Waals surface area contributed by atoms with E-state index in [0.29, 0.717) is 24.6 Å². The molecule has 1 rings (SSSR count). The Morgan fingerprint density at radius 1 is 1.23 bits per heavy atom. The molecule has 0 radical (unpaired) electrons. The van der Waals surface area contributed by atoms with Crippen LogP contribution in [0.5, 0.6) is 11.5 Å². The van der Waals surface area contributed by atoms with Crippen LogP contribution in [0.3, 0.4) is 0 Å². The van der Waals surface area contributed by atoms with E-state index in [1.807, 2.05) is 19.1 Å². The first-order chi connectivity index (χ1) is 10.5. The van der Waals surface area contributed by atoms with Gasteiger partial charge in [-0.25, -0.2) is 0 Å². The predicted molar refractivity (Wildman–Crippen MR) is 85.2 cm³/mol. The molecule has 1 aromatic carbocycles. The lowest BCUT2D eigenvalue weighted by molar-refractivity contribution is -0.132. The molecule has 6 nitrogen and oxygen atoms in total. The van der Waals surface area contributed by atoms with Gasteiger partial charge in [0.25, 0.3) is 0 Å². The van der Waals surface area contributed by atoms with Crippen molar-refractivity contribution in [2.24, 2.45) is 5.73 Å². The number of rotatable bonds is 8. The fourth-order valence-electron chi connectivity index (χ4n) is 2.15. The summed E-state index contributed by atoms with van der Waals surface area (Å²) in [4.78, 5) is 13.9. The largest absolute Gasteiger partial charge is 0.493 e. The van der Waals surface area contributed by atoms with Crippen LogP contribution >= 0.6 is 0 Å². The van der Waals surface area contributed by atoms with E-state index in [-0.39, 0.29) is 18.4 Å². The summed E-state index contributed by atoms with van der Waals surface area (Å²) >= 11 is 0. The number of hydrogen-bond donors (Lipinski definition) is 1. The number of hydrogen-bond acceptors (Lipinski definition) is 5. The summed E-state index contributed by atoms with van der Waals surface area (Å²) in [6.07, 6.45) is 0.0250. The second kappa shape index (κ2) is 8.60. The molecule has 1 unspecified atom stereocenters. The van der Waals surface area contributed by atoms with Crippen molar-refractivity contribution in [2.75, 3.05) is 34.9 Å². The van der Waals surface area contributed by atoms with Crippen LogP contribution < -0.4 is 15.2 Å². The predicted octanol–water partition coefficient (Wildman–Crippen LogP) is 1.33. The first-order valence-corrected chi connectivity index (χ1v) is 7.15. The molecule has 0 spiro atoms. The summed E-state index contributed by atoms with van der Waals surface area (Å²) in [7, 11) is 6.52. The first-order valence-electron chi connectivity index (χ1n) is 7.15. The lowest BCUT2D eigenvalue weighted by Gasteiger charge is -2.22. The second-order valence-electron chi connectivity index (χ2n) is 5.18. The number of carbonyl (C=O) groups excluding carboxylic acids is 1. The van der Waals surface area contributed by atoms with Crippen LogP contribution in [0.25, 0.3) is 0 Å². The van der Waals surface area contributed by atoms with E-state index in [0.717, 1.165) is 11.1 Å². The van der Waals surface area contributed by atoms with Gasteiger partial charge in [0.2, 0.25) is 5.91 Å². The molecular weight excluding hydrogens is 284 g/mol. The van der Waals surface area contributed by atoms with Gasteiger partial charge in [0, 0.05) is 27.2 Å². The third-order valence-electron chi connectivity index (χ3n) is 3.67. The Balaban J connectivity index is 2.83. The zero-order chi connectivity index (χ0) is 16.7. The quantitative estimate of drug-likeness (QED) is 0.784. The zero-order valence-corrected chi connectivity index (χ0v) is 14.0. The molecule has 0 aliphatic carbocycles. The van der Waals surface area contributed by atoms with Crippen molar-refractivity contribution in [1.82, 2.24) is 4.90 Å². The fraction of sp³-hybridized carbons (Fsp3) is 0.562. The molecule has 0 aromatic heterocycles. The highest BCUT2D eigenvalue weighted by Gasteiger charge is 2.17. The Bertz CT molecular complexity index is 501. The summed E-state index contributed by atoms with van der Waals surface area (Å²) in [5.74, 6) is 1.33. The molecular formula is C16H26N2O4. The minimum Gasteiger partial charge on any atom is -0.493 e. The van der Waals surface area contributed by atoms with Crippen LogP contribution in [0.15, 0.2) is 12.1 Å². The number of nitrogens with zero attached hydrogens (tertiary/aromatic N) is 1. The van der Waals surface area contributed by atoms with Crippen molar-refractivity contribution in [3.8, 4) is 11.5 Å². The Labute approximate surface area is 132 Å². The maximum atomic E-state index is 12.2. The Morgan fingerprint density at radius 2 is 1.82 bits per heavy atom. The van der Waals surface area contributed by atoms with Crippen LogP contribution in [0.4, 0.5) is 0 Å².